The molecule has 1 N–H and O–H groups in total. The van der Waals surface area contributed by atoms with Gasteiger partial charge in [-0.25, -0.2) is 13.4 Å². The Kier molecular flexibility index (Phi) is 5.44. The Morgan fingerprint density at radius 2 is 1.97 bits per heavy atom. The summed E-state index contributed by atoms with van der Waals surface area (Å²) in [6.45, 7) is 2.99. The number of anilines is 1. The van der Waals surface area contributed by atoms with Gasteiger partial charge < -0.3 is 9.42 Å². The Bertz CT molecular complexity index is 1190. The molecule has 9 nitrogen and oxygen atoms in total. The quantitative estimate of drug-likeness (QED) is 0.638. The molecule has 1 aliphatic rings. The molecule has 0 atom stereocenters. The second-order valence-corrected chi connectivity index (χ2v) is 8.96. The lowest BCUT2D eigenvalue weighted by molar-refractivity contribution is 0.0743. The number of rotatable bonds is 5. The van der Waals surface area contributed by atoms with Crippen LogP contribution in [0.2, 0.25) is 5.02 Å². The van der Waals surface area contributed by atoms with E-state index in [0.29, 0.717) is 29.2 Å². The van der Waals surface area contributed by atoms with Gasteiger partial charge in [0.2, 0.25) is 5.82 Å². The number of hydrogen-bond donors (Lipinski definition) is 1. The summed E-state index contributed by atoms with van der Waals surface area (Å²) in [5, 5.41) is 4.25. The molecule has 0 unspecified atom stereocenters. The number of aromatic nitrogens is 3. The molecule has 0 aliphatic carbocycles. The lowest BCUT2D eigenvalue weighted by Crippen LogP contribution is -2.27. The average molecular weight is 448 g/mol. The smallest absolute Gasteiger partial charge is 0.316 e. The van der Waals surface area contributed by atoms with Crippen molar-refractivity contribution in [3.05, 3.63) is 53.0 Å². The van der Waals surface area contributed by atoms with Crippen molar-refractivity contribution >= 4 is 33.3 Å². The largest absolute Gasteiger partial charge is 0.334 e. The van der Waals surface area contributed by atoms with Crippen LogP contribution in [0, 0.1) is 6.92 Å². The molecule has 30 heavy (non-hydrogen) atoms. The van der Waals surface area contributed by atoms with E-state index in [0.717, 1.165) is 12.8 Å². The van der Waals surface area contributed by atoms with Crippen molar-refractivity contribution in [2.75, 3.05) is 17.8 Å². The van der Waals surface area contributed by atoms with Crippen molar-refractivity contribution < 1.29 is 17.7 Å². The maximum Gasteiger partial charge on any atom is 0.316 e. The Labute approximate surface area is 178 Å². The van der Waals surface area contributed by atoms with Gasteiger partial charge in [0.25, 0.3) is 10.0 Å². The molecule has 156 valence electrons. The molecule has 0 spiro atoms. The third kappa shape index (κ3) is 4.14. The van der Waals surface area contributed by atoms with Crippen molar-refractivity contribution in [1.29, 1.82) is 0 Å². The molecule has 1 aliphatic heterocycles. The molecule has 1 amide bonds. The molecule has 0 radical (unpaired) electrons. The number of aryl methyl sites for hydroxylation is 1. The van der Waals surface area contributed by atoms with Crippen LogP contribution in [0.5, 0.6) is 0 Å². The standard InChI is InChI=1S/C19H18ClN5O4S/c1-12-4-5-13(17-22-18(29-23-17)19(26)25-8-2-3-9-25)10-15(12)30(27,28)24-16-7-6-14(20)11-21-16/h4-7,10-11H,2-3,8-9H2,1H3,(H,21,24). The number of pyridine rings is 1. The van der Waals surface area contributed by atoms with Crippen LogP contribution in [-0.2, 0) is 10.0 Å². The molecule has 1 aromatic carbocycles. The van der Waals surface area contributed by atoms with Crippen LogP contribution < -0.4 is 4.72 Å². The SMILES string of the molecule is Cc1ccc(-c2noc(C(=O)N3CCCC3)n2)cc1S(=O)(=O)Nc1ccc(Cl)cn1. The zero-order valence-corrected chi connectivity index (χ0v) is 17.6. The summed E-state index contributed by atoms with van der Waals surface area (Å²) in [6.07, 6.45) is 3.24. The zero-order valence-electron chi connectivity index (χ0n) is 16.0. The van der Waals surface area contributed by atoms with Gasteiger partial charge in [-0.15, -0.1) is 0 Å². The first-order valence-corrected chi connectivity index (χ1v) is 11.1. The third-order valence-corrected chi connectivity index (χ3v) is 6.42. The first-order valence-electron chi connectivity index (χ1n) is 9.22. The number of amides is 1. The summed E-state index contributed by atoms with van der Waals surface area (Å²) >= 11 is 5.79. The number of hydrogen-bond acceptors (Lipinski definition) is 7. The van der Waals surface area contributed by atoms with E-state index in [1.807, 2.05) is 0 Å². The van der Waals surface area contributed by atoms with E-state index >= 15 is 0 Å². The fourth-order valence-corrected chi connectivity index (χ4v) is 4.53. The Balaban J connectivity index is 1.62. The lowest BCUT2D eigenvalue weighted by atomic mass is 10.1. The highest BCUT2D eigenvalue weighted by molar-refractivity contribution is 7.92. The molecule has 0 bridgehead atoms. The molecular formula is C19H18ClN5O4S. The van der Waals surface area contributed by atoms with Gasteiger partial charge in [-0.2, -0.15) is 4.98 Å². The van der Waals surface area contributed by atoms with Crippen LogP contribution in [0.15, 0.2) is 45.9 Å². The van der Waals surface area contributed by atoms with Crippen LogP contribution in [0.25, 0.3) is 11.4 Å². The number of nitrogens with zero attached hydrogens (tertiary/aromatic N) is 4. The fraction of sp³-hybridized carbons (Fsp3) is 0.263. The second-order valence-electron chi connectivity index (χ2n) is 6.87. The molecule has 1 fully saturated rings. The maximum atomic E-state index is 12.9. The molecule has 3 aromatic rings. The summed E-state index contributed by atoms with van der Waals surface area (Å²) < 4.78 is 33.3. The molecule has 3 heterocycles. The minimum absolute atomic E-state index is 0.0361. The summed E-state index contributed by atoms with van der Waals surface area (Å²) in [5.41, 5.74) is 0.936. The number of nitrogens with one attached hydrogen (secondary N) is 1. The average Bonchev–Trinajstić information content (AvgIpc) is 3.42. The van der Waals surface area contributed by atoms with Gasteiger partial charge >= 0.3 is 11.8 Å². The number of benzene rings is 1. The van der Waals surface area contributed by atoms with Crippen molar-refractivity contribution in [3.8, 4) is 11.4 Å². The number of sulfonamides is 1. The van der Waals surface area contributed by atoms with E-state index in [4.69, 9.17) is 16.1 Å². The fourth-order valence-electron chi connectivity index (χ4n) is 3.14. The second kappa shape index (κ2) is 8.04. The van der Waals surface area contributed by atoms with Gasteiger partial charge in [0.05, 0.1) is 9.92 Å². The third-order valence-electron chi connectivity index (χ3n) is 4.70. The number of carbonyl (C=O) groups is 1. The number of halogens is 1. The number of carbonyl (C=O) groups excluding carboxylic acids is 1. The van der Waals surface area contributed by atoms with Crippen LogP contribution in [-0.4, -0.2) is 47.4 Å². The monoisotopic (exact) mass is 447 g/mol. The highest BCUT2D eigenvalue weighted by Gasteiger charge is 2.26. The summed E-state index contributed by atoms with van der Waals surface area (Å²) in [6, 6.07) is 7.74. The van der Waals surface area contributed by atoms with E-state index in [9.17, 15) is 13.2 Å². The maximum absolute atomic E-state index is 12.9. The Morgan fingerprint density at radius 3 is 2.67 bits per heavy atom. The van der Waals surface area contributed by atoms with Crippen LogP contribution >= 0.6 is 11.6 Å². The van der Waals surface area contributed by atoms with Crippen LogP contribution in [0.4, 0.5) is 5.82 Å². The van der Waals surface area contributed by atoms with E-state index in [-0.39, 0.29) is 28.3 Å². The van der Waals surface area contributed by atoms with Gasteiger partial charge in [0.1, 0.15) is 5.82 Å². The lowest BCUT2D eigenvalue weighted by Gasteiger charge is -2.11. The van der Waals surface area contributed by atoms with Crippen LogP contribution in [0.3, 0.4) is 0 Å². The predicted molar refractivity (Wildman–Crippen MR) is 110 cm³/mol. The van der Waals surface area contributed by atoms with E-state index in [1.54, 1.807) is 24.0 Å². The minimum Gasteiger partial charge on any atom is -0.334 e. The zero-order chi connectivity index (χ0) is 21.3. The van der Waals surface area contributed by atoms with E-state index in [1.165, 1.54) is 24.4 Å². The predicted octanol–water partition coefficient (Wildman–Crippen LogP) is 3.13. The topological polar surface area (TPSA) is 118 Å². The highest BCUT2D eigenvalue weighted by atomic mass is 35.5. The first kappa shape index (κ1) is 20.3. The summed E-state index contributed by atoms with van der Waals surface area (Å²) in [7, 11) is -3.93. The summed E-state index contributed by atoms with van der Waals surface area (Å²) in [5.74, 6) is -0.150. The van der Waals surface area contributed by atoms with Gasteiger partial charge in [-0.05, 0) is 43.5 Å². The van der Waals surface area contributed by atoms with Gasteiger partial charge in [-0.1, -0.05) is 28.9 Å². The highest BCUT2D eigenvalue weighted by Crippen LogP contribution is 2.25. The molecule has 2 aromatic heterocycles. The van der Waals surface area contributed by atoms with Crippen molar-refractivity contribution in [2.24, 2.45) is 0 Å². The van der Waals surface area contributed by atoms with Crippen molar-refractivity contribution in [3.63, 3.8) is 0 Å². The van der Waals surface area contributed by atoms with Gasteiger partial charge in [-0.3, -0.25) is 9.52 Å². The van der Waals surface area contributed by atoms with E-state index < -0.39 is 10.0 Å². The minimum atomic E-state index is -3.93. The van der Waals surface area contributed by atoms with E-state index in [2.05, 4.69) is 19.8 Å². The molecule has 11 heteroatoms. The van der Waals surface area contributed by atoms with Gasteiger partial charge in [0.15, 0.2) is 0 Å². The van der Waals surface area contributed by atoms with Crippen molar-refractivity contribution in [1.82, 2.24) is 20.0 Å². The van der Waals surface area contributed by atoms with Crippen molar-refractivity contribution in [2.45, 2.75) is 24.7 Å². The van der Waals surface area contributed by atoms with Crippen LogP contribution in [0.1, 0.15) is 29.1 Å². The summed E-state index contributed by atoms with van der Waals surface area (Å²) in [4.78, 5) is 22.2. The molecule has 1 saturated heterocycles. The van der Waals surface area contributed by atoms with Gasteiger partial charge in [0, 0.05) is 24.8 Å². The Hall–Kier alpha value is -2.98. The normalized spacial score (nSPS) is 14.1. The number of likely N-dealkylation sites (tertiary alicyclic amines) is 1. The molecular weight excluding hydrogens is 430 g/mol. The first-order chi connectivity index (χ1) is 14.3. The molecule has 0 saturated carbocycles. The molecule has 4 rings (SSSR count). The Morgan fingerprint density at radius 1 is 1.20 bits per heavy atom.